The fraction of sp³-hybridized carbons (Fsp3) is 0.316. The smallest absolute Gasteiger partial charge is 0.247 e. The van der Waals surface area contributed by atoms with Gasteiger partial charge in [-0.2, -0.15) is 5.10 Å². The number of carbonyl (C=O) groups is 1. The molecule has 3 heterocycles. The van der Waals surface area contributed by atoms with Crippen LogP contribution in [-0.2, 0) is 4.79 Å². The number of hydrogen-bond donors (Lipinski definition) is 2. The van der Waals surface area contributed by atoms with Crippen molar-refractivity contribution in [2.75, 3.05) is 23.3 Å². The van der Waals surface area contributed by atoms with Crippen LogP contribution in [0.5, 0.6) is 0 Å². The van der Waals surface area contributed by atoms with Gasteiger partial charge in [0.1, 0.15) is 17.5 Å². The van der Waals surface area contributed by atoms with E-state index >= 15 is 0 Å². The summed E-state index contributed by atoms with van der Waals surface area (Å²) in [5.74, 6) is -0.198. The van der Waals surface area contributed by atoms with Gasteiger partial charge in [0, 0.05) is 13.1 Å². The number of nitrogens with one attached hydrogen (secondary N) is 2. The molecule has 1 aromatic carbocycles. The topological polar surface area (TPSA) is 66.0 Å². The number of hydrogen-bond acceptors (Lipinski definition) is 5. The Morgan fingerprint density at radius 1 is 1.32 bits per heavy atom. The number of H-pyrrole nitrogens is 1. The fourth-order valence-corrected chi connectivity index (χ4v) is 4.45. The summed E-state index contributed by atoms with van der Waals surface area (Å²) in [5, 5.41) is 11.7. The van der Waals surface area contributed by atoms with Crippen molar-refractivity contribution in [3.8, 4) is 10.7 Å². The number of anilines is 2. The standard InChI is InChI=1S/C19H20FN5OS2/c1-12(25-17(22-23-19(25)27)15-8-5-11-28-15)18(26)21-16-13(20)6-4-7-14(16)24-9-2-3-10-24/h4-8,11-12H,2-3,9-10H2,1H3,(H,21,26)(H,23,27). The van der Waals surface area contributed by atoms with Gasteiger partial charge in [0.05, 0.1) is 10.6 Å². The van der Waals surface area contributed by atoms with Gasteiger partial charge in [-0.05, 0) is 55.6 Å². The molecule has 0 spiro atoms. The van der Waals surface area contributed by atoms with Crippen molar-refractivity contribution in [1.29, 1.82) is 0 Å². The Hall–Kier alpha value is -2.52. The maximum atomic E-state index is 14.6. The zero-order valence-electron chi connectivity index (χ0n) is 15.3. The SMILES string of the molecule is CC(C(=O)Nc1c(F)cccc1N1CCCC1)n1c(-c2cccs2)n[nH]c1=S. The third-order valence-electron chi connectivity index (χ3n) is 4.90. The number of para-hydroxylation sites is 1. The van der Waals surface area contributed by atoms with Crippen LogP contribution in [0, 0.1) is 10.6 Å². The van der Waals surface area contributed by atoms with Gasteiger partial charge in [-0.25, -0.2) is 4.39 Å². The maximum absolute atomic E-state index is 14.6. The summed E-state index contributed by atoms with van der Waals surface area (Å²) in [4.78, 5) is 16.0. The predicted molar refractivity (Wildman–Crippen MR) is 112 cm³/mol. The van der Waals surface area contributed by atoms with E-state index in [1.165, 1.54) is 17.4 Å². The van der Waals surface area contributed by atoms with Crippen LogP contribution in [0.25, 0.3) is 10.7 Å². The van der Waals surface area contributed by atoms with Crippen molar-refractivity contribution >= 4 is 40.8 Å². The van der Waals surface area contributed by atoms with Gasteiger partial charge in [0.25, 0.3) is 0 Å². The molecule has 0 bridgehead atoms. The van der Waals surface area contributed by atoms with Crippen LogP contribution in [0.4, 0.5) is 15.8 Å². The first kappa shape index (κ1) is 18.8. The molecular weight excluding hydrogens is 397 g/mol. The highest BCUT2D eigenvalue weighted by Gasteiger charge is 2.25. The van der Waals surface area contributed by atoms with E-state index < -0.39 is 11.9 Å². The van der Waals surface area contributed by atoms with Gasteiger partial charge >= 0.3 is 0 Å². The van der Waals surface area contributed by atoms with Gasteiger partial charge in [-0.15, -0.1) is 11.3 Å². The molecule has 0 aliphatic carbocycles. The van der Waals surface area contributed by atoms with Crippen molar-refractivity contribution in [2.45, 2.75) is 25.8 Å². The molecule has 146 valence electrons. The Balaban J connectivity index is 1.64. The third kappa shape index (κ3) is 3.47. The van der Waals surface area contributed by atoms with Crippen molar-refractivity contribution in [3.63, 3.8) is 0 Å². The maximum Gasteiger partial charge on any atom is 0.247 e. The molecule has 2 aromatic heterocycles. The second-order valence-electron chi connectivity index (χ2n) is 6.69. The summed E-state index contributed by atoms with van der Waals surface area (Å²) >= 11 is 6.84. The number of carbonyl (C=O) groups excluding carboxylic acids is 1. The summed E-state index contributed by atoms with van der Waals surface area (Å²) in [6.45, 7) is 3.45. The number of aromatic amines is 1. The highest BCUT2D eigenvalue weighted by molar-refractivity contribution is 7.71. The zero-order chi connectivity index (χ0) is 19.7. The number of halogens is 1. The molecule has 1 aliphatic rings. The summed E-state index contributed by atoms with van der Waals surface area (Å²) in [6.07, 6.45) is 2.13. The first-order valence-electron chi connectivity index (χ1n) is 9.11. The largest absolute Gasteiger partial charge is 0.370 e. The number of nitrogens with zero attached hydrogens (tertiary/aromatic N) is 3. The molecule has 0 saturated carbocycles. The lowest BCUT2D eigenvalue weighted by Crippen LogP contribution is -2.27. The quantitative estimate of drug-likeness (QED) is 0.595. The number of benzene rings is 1. The van der Waals surface area contributed by atoms with Gasteiger partial charge in [-0.3, -0.25) is 14.5 Å². The van der Waals surface area contributed by atoms with Crippen molar-refractivity contribution in [2.24, 2.45) is 0 Å². The highest BCUT2D eigenvalue weighted by Crippen LogP contribution is 2.32. The average Bonchev–Trinajstić information content (AvgIpc) is 3.44. The van der Waals surface area contributed by atoms with Crippen LogP contribution in [-0.4, -0.2) is 33.8 Å². The lowest BCUT2D eigenvalue weighted by molar-refractivity contribution is -0.118. The molecule has 28 heavy (non-hydrogen) atoms. The molecule has 0 radical (unpaired) electrons. The Morgan fingerprint density at radius 3 is 2.82 bits per heavy atom. The second-order valence-corrected chi connectivity index (χ2v) is 8.03. The molecule has 1 fully saturated rings. The van der Waals surface area contributed by atoms with Crippen LogP contribution in [0.2, 0.25) is 0 Å². The summed E-state index contributed by atoms with van der Waals surface area (Å²) in [7, 11) is 0. The van der Waals surface area contributed by atoms with E-state index in [1.54, 1.807) is 17.6 Å². The van der Waals surface area contributed by atoms with Crippen molar-refractivity contribution in [3.05, 3.63) is 46.3 Å². The monoisotopic (exact) mass is 417 g/mol. The second kappa shape index (κ2) is 7.84. The van der Waals surface area contributed by atoms with E-state index in [4.69, 9.17) is 12.2 Å². The first-order valence-corrected chi connectivity index (χ1v) is 10.4. The predicted octanol–water partition coefficient (Wildman–Crippen LogP) is 4.61. The molecular formula is C19H20FN5OS2. The molecule has 1 unspecified atom stereocenters. The Labute approximate surface area is 171 Å². The van der Waals surface area contributed by atoms with Gasteiger partial charge in [0.2, 0.25) is 5.91 Å². The van der Waals surface area contributed by atoms with E-state index in [0.29, 0.717) is 16.3 Å². The summed E-state index contributed by atoms with van der Waals surface area (Å²) < 4.78 is 16.6. The van der Waals surface area contributed by atoms with Crippen molar-refractivity contribution < 1.29 is 9.18 Å². The molecule has 4 rings (SSSR count). The number of thiophene rings is 1. The zero-order valence-corrected chi connectivity index (χ0v) is 16.9. The number of amides is 1. The van der Waals surface area contributed by atoms with E-state index in [1.807, 2.05) is 23.6 Å². The minimum absolute atomic E-state index is 0.217. The minimum atomic E-state index is -0.658. The van der Waals surface area contributed by atoms with Crippen LogP contribution in [0.15, 0.2) is 35.7 Å². The Bertz CT molecular complexity index is 1040. The van der Waals surface area contributed by atoms with Gasteiger partial charge < -0.3 is 10.2 Å². The average molecular weight is 418 g/mol. The van der Waals surface area contributed by atoms with E-state index in [-0.39, 0.29) is 11.6 Å². The third-order valence-corrected chi connectivity index (χ3v) is 6.05. The number of rotatable bonds is 5. The molecule has 1 atom stereocenters. The summed E-state index contributed by atoms with van der Waals surface area (Å²) in [6, 6.07) is 8.04. The molecule has 1 amide bonds. The number of aromatic nitrogens is 3. The molecule has 1 aliphatic heterocycles. The molecule has 9 heteroatoms. The Morgan fingerprint density at radius 2 is 2.11 bits per heavy atom. The Kier molecular flexibility index (Phi) is 5.27. The molecule has 3 aromatic rings. The van der Waals surface area contributed by atoms with E-state index in [0.717, 1.165) is 30.8 Å². The fourth-order valence-electron chi connectivity index (χ4n) is 3.45. The lowest BCUT2D eigenvalue weighted by Gasteiger charge is -2.23. The minimum Gasteiger partial charge on any atom is -0.370 e. The van der Waals surface area contributed by atoms with Crippen LogP contribution in [0.3, 0.4) is 0 Å². The van der Waals surface area contributed by atoms with Gasteiger partial charge in [-0.1, -0.05) is 12.1 Å². The van der Waals surface area contributed by atoms with Crippen LogP contribution >= 0.6 is 23.6 Å². The van der Waals surface area contributed by atoms with E-state index in [2.05, 4.69) is 20.4 Å². The van der Waals surface area contributed by atoms with E-state index in [9.17, 15) is 9.18 Å². The van der Waals surface area contributed by atoms with Gasteiger partial charge in [0.15, 0.2) is 10.6 Å². The normalized spacial score (nSPS) is 15.0. The highest BCUT2D eigenvalue weighted by atomic mass is 32.1. The van der Waals surface area contributed by atoms with Crippen molar-refractivity contribution in [1.82, 2.24) is 14.8 Å². The lowest BCUT2D eigenvalue weighted by atomic mass is 10.2. The van der Waals surface area contributed by atoms with Crippen LogP contribution in [0.1, 0.15) is 25.8 Å². The molecule has 2 N–H and O–H groups in total. The molecule has 1 saturated heterocycles. The molecule has 6 nitrogen and oxygen atoms in total. The first-order chi connectivity index (χ1) is 13.6. The summed E-state index contributed by atoms with van der Waals surface area (Å²) in [5.41, 5.74) is 0.932. The van der Waals surface area contributed by atoms with Crippen LogP contribution < -0.4 is 10.2 Å².